The maximum Gasteiger partial charge on any atom is 0.223 e. The molecule has 0 radical (unpaired) electrons. The number of rotatable bonds is 4. The van der Waals surface area contributed by atoms with Gasteiger partial charge in [0.1, 0.15) is 0 Å². The zero-order valence-corrected chi connectivity index (χ0v) is 10.4. The zero-order chi connectivity index (χ0) is 12.6. The van der Waals surface area contributed by atoms with Crippen molar-refractivity contribution >= 4 is 11.7 Å². The number of hydrogen-bond acceptors (Lipinski definition) is 3. The molecule has 0 saturated heterocycles. The number of oxime groups is 1. The van der Waals surface area contributed by atoms with Gasteiger partial charge in [0, 0.05) is 5.92 Å². The highest BCUT2D eigenvalue weighted by Gasteiger charge is 2.48. The molecule has 3 atom stereocenters. The first-order valence-corrected chi connectivity index (χ1v) is 6.30. The fourth-order valence-corrected chi connectivity index (χ4v) is 2.75. The first kappa shape index (κ1) is 12.2. The quantitative estimate of drug-likeness (QED) is 0.297. The number of fused-ring (bicyclic) bond motifs is 1. The van der Waals surface area contributed by atoms with Gasteiger partial charge in [0.05, 0.1) is 5.54 Å². The SMILES string of the molecule is CCC(C)(NC(=O)C1CC2CC2C1)C(N)=NO. The summed E-state index contributed by atoms with van der Waals surface area (Å²) in [5, 5.41) is 14.7. The molecule has 5 nitrogen and oxygen atoms in total. The predicted octanol–water partition coefficient (Wildman–Crippen LogP) is 1.06. The molecule has 2 fully saturated rings. The lowest BCUT2D eigenvalue weighted by Gasteiger charge is -2.29. The highest BCUT2D eigenvalue weighted by atomic mass is 16.4. The summed E-state index contributed by atoms with van der Waals surface area (Å²) in [5.41, 5.74) is 4.89. The van der Waals surface area contributed by atoms with Crippen molar-refractivity contribution in [2.24, 2.45) is 28.6 Å². The Balaban J connectivity index is 1.96. The smallest absolute Gasteiger partial charge is 0.223 e. The van der Waals surface area contributed by atoms with Gasteiger partial charge in [0.25, 0.3) is 0 Å². The molecule has 3 unspecified atom stereocenters. The molecule has 5 heteroatoms. The minimum absolute atomic E-state index is 0.0492. The largest absolute Gasteiger partial charge is 0.409 e. The van der Waals surface area contributed by atoms with E-state index < -0.39 is 5.54 Å². The van der Waals surface area contributed by atoms with Crippen LogP contribution in [-0.4, -0.2) is 22.5 Å². The summed E-state index contributed by atoms with van der Waals surface area (Å²) < 4.78 is 0. The first-order valence-electron chi connectivity index (χ1n) is 6.30. The molecule has 96 valence electrons. The van der Waals surface area contributed by atoms with Crippen LogP contribution in [-0.2, 0) is 4.79 Å². The van der Waals surface area contributed by atoms with Crippen LogP contribution in [0, 0.1) is 17.8 Å². The summed E-state index contributed by atoms with van der Waals surface area (Å²) in [7, 11) is 0. The van der Waals surface area contributed by atoms with Gasteiger partial charge >= 0.3 is 0 Å². The van der Waals surface area contributed by atoms with Crippen molar-refractivity contribution in [1.29, 1.82) is 0 Å². The Kier molecular flexibility index (Phi) is 3.02. The van der Waals surface area contributed by atoms with Crippen molar-refractivity contribution in [3.8, 4) is 0 Å². The molecule has 17 heavy (non-hydrogen) atoms. The lowest BCUT2D eigenvalue weighted by atomic mass is 9.94. The third kappa shape index (κ3) is 2.23. The fourth-order valence-electron chi connectivity index (χ4n) is 2.75. The fraction of sp³-hybridized carbons (Fsp3) is 0.833. The van der Waals surface area contributed by atoms with Crippen molar-refractivity contribution in [1.82, 2.24) is 5.32 Å². The predicted molar refractivity (Wildman–Crippen MR) is 64.6 cm³/mol. The summed E-state index contributed by atoms with van der Waals surface area (Å²) in [6.45, 7) is 3.69. The van der Waals surface area contributed by atoms with Crippen LogP contribution in [0.5, 0.6) is 0 Å². The molecule has 2 saturated carbocycles. The van der Waals surface area contributed by atoms with Gasteiger partial charge in [-0.15, -0.1) is 0 Å². The van der Waals surface area contributed by atoms with E-state index in [1.54, 1.807) is 6.92 Å². The molecule has 2 rings (SSSR count). The van der Waals surface area contributed by atoms with E-state index in [0.29, 0.717) is 6.42 Å². The van der Waals surface area contributed by atoms with Crippen LogP contribution < -0.4 is 11.1 Å². The number of nitrogens with two attached hydrogens (primary N) is 1. The summed E-state index contributed by atoms with van der Waals surface area (Å²) in [6.07, 6.45) is 3.92. The number of nitrogens with one attached hydrogen (secondary N) is 1. The van der Waals surface area contributed by atoms with E-state index in [0.717, 1.165) is 24.7 Å². The van der Waals surface area contributed by atoms with E-state index in [9.17, 15) is 4.79 Å². The molecular formula is C12H21N3O2. The number of nitrogens with zero attached hydrogens (tertiary/aromatic N) is 1. The standard InChI is InChI=1S/C12H21N3O2/c1-3-12(2,11(13)15-17)14-10(16)9-5-7-4-8(7)6-9/h7-9,17H,3-6H2,1-2H3,(H2,13,15)(H,14,16). The maximum absolute atomic E-state index is 12.1. The molecule has 0 heterocycles. The highest BCUT2D eigenvalue weighted by molar-refractivity contribution is 5.94. The van der Waals surface area contributed by atoms with Gasteiger partial charge < -0.3 is 16.3 Å². The van der Waals surface area contributed by atoms with Crippen molar-refractivity contribution < 1.29 is 10.0 Å². The van der Waals surface area contributed by atoms with Gasteiger partial charge in [-0.05, 0) is 44.4 Å². The number of carbonyl (C=O) groups is 1. The van der Waals surface area contributed by atoms with E-state index in [-0.39, 0.29) is 17.7 Å². The molecule has 0 aliphatic heterocycles. The van der Waals surface area contributed by atoms with Gasteiger partial charge in [-0.25, -0.2) is 0 Å². The molecular weight excluding hydrogens is 218 g/mol. The van der Waals surface area contributed by atoms with E-state index >= 15 is 0 Å². The number of hydrogen-bond donors (Lipinski definition) is 3. The van der Waals surface area contributed by atoms with Crippen molar-refractivity contribution in [3.05, 3.63) is 0 Å². The topological polar surface area (TPSA) is 87.7 Å². The number of amides is 1. The molecule has 2 aliphatic rings. The Morgan fingerprint density at radius 1 is 1.47 bits per heavy atom. The van der Waals surface area contributed by atoms with Crippen LogP contribution in [0.15, 0.2) is 5.16 Å². The van der Waals surface area contributed by atoms with Gasteiger partial charge in [-0.3, -0.25) is 4.79 Å². The number of carbonyl (C=O) groups excluding carboxylic acids is 1. The molecule has 0 aromatic heterocycles. The normalized spacial score (nSPS) is 34.9. The Hall–Kier alpha value is -1.26. The van der Waals surface area contributed by atoms with Crippen molar-refractivity contribution in [2.45, 2.75) is 45.1 Å². The summed E-state index contributed by atoms with van der Waals surface area (Å²) in [6, 6.07) is 0. The van der Waals surface area contributed by atoms with Crippen LogP contribution in [0.2, 0.25) is 0 Å². The van der Waals surface area contributed by atoms with E-state index in [1.165, 1.54) is 6.42 Å². The molecule has 0 bridgehead atoms. The van der Waals surface area contributed by atoms with Crippen LogP contribution in [0.4, 0.5) is 0 Å². The van der Waals surface area contributed by atoms with Crippen LogP contribution in [0.1, 0.15) is 39.5 Å². The second kappa shape index (κ2) is 4.20. The van der Waals surface area contributed by atoms with Gasteiger partial charge in [-0.1, -0.05) is 12.1 Å². The monoisotopic (exact) mass is 239 g/mol. The van der Waals surface area contributed by atoms with Gasteiger partial charge in [0.2, 0.25) is 5.91 Å². The molecule has 2 aliphatic carbocycles. The van der Waals surface area contributed by atoms with Crippen molar-refractivity contribution in [3.63, 3.8) is 0 Å². The highest BCUT2D eigenvalue weighted by Crippen LogP contribution is 2.54. The minimum Gasteiger partial charge on any atom is -0.409 e. The van der Waals surface area contributed by atoms with Crippen LogP contribution in [0.25, 0.3) is 0 Å². The molecule has 0 aromatic carbocycles. The third-order valence-electron chi connectivity index (χ3n) is 4.39. The van der Waals surface area contributed by atoms with Crippen molar-refractivity contribution in [2.75, 3.05) is 0 Å². The summed E-state index contributed by atoms with van der Waals surface area (Å²) in [4.78, 5) is 12.1. The Labute approximate surface area is 101 Å². The average molecular weight is 239 g/mol. The van der Waals surface area contributed by atoms with Gasteiger partial charge in [-0.2, -0.15) is 0 Å². The first-order chi connectivity index (χ1) is 8.00. The Morgan fingerprint density at radius 2 is 2.06 bits per heavy atom. The molecule has 0 spiro atoms. The summed E-state index contributed by atoms with van der Waals surface area (Å²) >= 11 is 0. The third-order valence-corrected chi connectivity index (χ3v) is 4.39. The number of amidine groups is 1. The second-order valence-corrected chi connectivity index (χ2v) is 5.58. The molecule has 4 N–H and O–H groups in total. The average Bonchev–Trinajstić information content (AvgIpc) is 2.94. The van der Waals surface area contributed by atoms with Crippen LogP contribution in [0.3, 0.4) is 0 Å². The van der Waals surface area contributed by atoms with E-state index in [2.05, 4.69) is 10.5 Å². The van der Waals surface area contributed by atoms with E-state index in [4.69, 9.17) is 10.9 Å². The lowest BCUT2D eigenvalue weighted by molar-refractivity contribution is -0.126. The zero-order valence-electron chi connectivity index (χ0n) is 10.4. The maximum atomic E-state index is 12.1. The van der Waals surface area contributed by atoms with E-state index in [1.807, 2.05) is 6.92 Å². The minimum atomic E-state index is -0.737. The van der Waals surface area contributed by atoms with Gasteiger partial charge in [0.15, 0.2) is 5.84 Å². The lowest BCUT2D eigenvalue weighted by Crippen LogP contribution is -2.56. The second-order valence-electron chi connectivity index (χ2n) is 5.58. The Morgan fingerprint density at radius 3 is 2.53 bits per heavy atom. The molecule has 0 aromatic rings. The molecule has 1 amide bonds. The Bertz CT molecular complexity index is 346. The summed E-state index contributed by atoms with van der Waals surface area (Å²) in [5.74, 6) is 1.80. The van der Waals surface area contributed by atoms with Crippen LogP contribution >= 0.6 is 0 Å².